The number of hydrogen-bond donors (Lipinski definition) is 0. The molecule has 0 aliphatic carbocycles. The molecule has 1 aliphatic heterocycles. The molecule has 0 unspecified atom stereocenters. The van der Waals surface area contributed by atoms with Crippen LogP contribution in [-0.4, -0.2) is 37.3 Å². The van der Waals surface area contributed by atoms with Gasteiger partial charge in [0.25, 0.3) is 0 Å². The first-order chi connectivity index (χ1) is 12.2. The fraction of sp³-hybridized carbons (Fsp3) is 0.350. The molecule has 0 spiro atoms. The largest absolute Gasteiger partial charge is 0.497 e. The molecule has 25 heavy (non-hydrogen) atoms. The molecule has 0 radical (unpaired) electrons. The third-order valence-corrected chi connectivity index (χ3v) is 5.47. The van der Waals surface area contributed by atoms with Crippen LogP contribution < -0.4 is 9.47 Å². The first-order valence-corrected chi connectivity index (χ1v) is 9.40. The van der Waals surface area contributed by atoms with Gasteiger partial charge in [0.2, 0.25) is 5.91 Å². The molecule has 1 amide bonds. The van der Waals surface area contributed by atoms with Gasteiger partial charge in [-0.05, 0) is 43.2 Å². The Morgan fingerprint density at radius 1 is 1.16 bits per heavy atom. The van der Waals surface area contributed by atoms with Gasteiger partial charge in [-0.3, -0.25) is 4.79 Å². The lowest BCUT2D eigenvalue weighted by Gasteiger charge is -2.26. The van der Waals surface area contributed by atoms with E-state index in [1.54, 1.807) is 26.0 Å². The summed E-state index contributed by atoms with van der Waals surface area (Å²) in [5, 5.41) is 0. The summed E-state index contributed by atoms with van der Waals surface area (Å²) in [6.07, 6.45) is 1.96. The summed E-state index contributed by atoms with van der Waals surface area (Å²) < 4.78 is 10.9. The highest BCUT2D eigenvalue weighted by Crippen LogP contribution is 2.39. The number of thioether (sulfide) groups is 1. The average molecular weight is 357 g/mol. The zero-order chi connectivity index (χ0) is 17.6. The summed E-state index contributed by atoms with van der Waals surface area (Å²) in [5.74, 6) is 2.21. The van der Waals surface area contributed by atoms with E-state index in [1.807, 2.05) is 53.4 Å². The van der Waals surface area contributed by atoms with Gasteiger partial charge in [0.05, 0.1) is 26.0 Å². The molecule has 0 saturated carbocycles. The molecule has 2 aromatic rings. The molecule has 2 aromatic carbocycles. The maximum atomic E-state index is 12.8. The van der Waals surface area contributed by atoms with Crippen molar-refractivity contribution in [2.45, 2.75) is 23.8 Å². The molecule has 3 rings (SSSR count). The van der Waals surface area contributed by atoms with E-state index in [9.17, 15) is 4.79 Å². The SMILES string of the molecule is COc1ccc(OC)c([C@@H]2CCCN2C(=O)CSc2ccccc2)c1. The summed E-state index contributed by atoms with van der Waals surface area (Å²) in [7, 11) is 3.32. The molecule has 132 valence electrons. The van der Waals surface area contributed by atoms with E-state index in [1.165, 1.54) is 0 Å². The normalized spacial score (nSPS) is 16.7. The zero-order valence-corrected chi connectivity index (χ0v) is 15.4. The standard InChI is InChI=1S/C20H23NO3S/c1-23-15-10-11-19(24-2)17(13-15)18-9-6-12-21(18)20(22)14-25-16-7-4-3-5-8-16/h3-5,7-8,10-11,13,18H,6,9,12,14H2,1-2H3/t18-/m0/s1. The molecule has 1 heterocycles. The van der Waals surface area contributed by atoms with Gasteiger partial charge in [-0.2, -0.15) is 0 Å². The molecule has 0 bridgehead atoms. The second-order valence-corrected chi connectivity index (χ2v) is 7.00. The van der Waals surface area contributed by atoms with Crippen LogP contribution in [0.1, 0.15) is 24.4 Å². The van der Waals surface area contributed by atoms with Crippen molar-refractivity contribution in [3.05, 3.63) is 54.1 Å². The van der Waals surface area contributed by atoms with Crippen LogP contribution in [0.3, 0.4) is 0 Å². The minimum atomic E-state index is 0.0499. The molecule has 1 saturated heterocycles. The number of rotatable bonds is 6. The average Bonchev–Trinajstić information content (AvgIpc) is 3.16. The Morgan fingerprint density at radius 2 is 1.96 bits per heavy atom. The fourth-order valence-corrected chi connectivity index (χ4v) is 4.04. The number of benzene rings is 2. The Hall–Kier alpha value is -2.14. The molecule has 0 N–H and O–H groups in total. The highest BCUT2D eigenvalue weighted by atomic mass is 32.2. The van der Waals surface area contributed by atoms with Gasteiger partial charge in [0.15, 0.2) is 0 Å². The molecular weight excluding hydrogens is 334 g/mol. The van der Waals surface area contributed by atoms with Gasteiger partial charge in [0, 0.05) is 17.0 Å². The van der Waals surface area contributed by atoms with Crippen LogP contribution in [0.2, 0.25) is 0 Å². The highest BCUT2D eigenvalue weighted by Gasteiger charge is 2.32. The van der Waals surface area contributed by atoms with Crippen LogP contribution in [0.4, 0.5) is 0 Å². The van der Waals surface area contributed by atoms with Gasteiger partial charge < -0.3 is 14.4 Å². The number of hydrogen-bond acceptors (Lipinski definition) is 4. The van der Waals surface area contributed by atoms with Crippen LogP contribution in [-0.2, 0) is 4.79 Å². The predicted octanol–water partition coefficient (Wildman–Crippen LogP) is 4.16. The lowest BCUT2D eigenvalue weighted by Crippen LogP contribution is -2.32. The lowest BCUT2D eigenvalue weighted by atomic mass is 10.0. The van der Waals surface area contributed by atoms with Crippen molar-refractivity contribution in [3.63, 3.8) is 0 Å². The minimum absolute atomic E-state index is 0.0499. The number of carbonyl (C=O) groups excluding carboxylic acids is 1. The number of amides is 1. The molecule has 1 atom stereocenters. The van der Waals surface area contributed by atoms with Gasteiger partial charge in [-0.15, -0.1) is 11.8 Å². The Balaban J connectivity index is 1.75. The predicted molar refractivity (Wildman–Crippen MR) is 100 cm³/mol. The Kier molecular flexibility index (Phi) is 5.87. The van der Waals surface area contributed by atoms with E-state index in [-0.39, 0.29) is 11.9 Å². The lowest BCUT2D eigenvalue weighted by molar-refractivity contribution is -0.129. The van der Waals surface area contributed by atoms with E-state index in [0.717, 1.165) is 41.3 Å². The quantitative estimate of drug-likeness (QED) is 0.728. The molecule has 0 aromatic heterocycles. The third-order valence-electron chi connectivity index (χ3n) is 4.47. The second kappa shape index (κ2) is 8.30. The van der Waals surface area contributed by atoms with Gasteiger partial charge in [0.1, 0.15) is 11.5 Å². The first kappa shape index (κ1) is 17.7. The number of likely N-dealkylation sites (tertiary alicyclic amines) is 1. The number of nitrogens with zero attached hydrogens (tertiary/aromatic N) is 1. The van der Waals surface area contributed by atoms with Crippen molar-refractivity contribution in [1.29, 1.82) is 0 Å². The topological polar surface area (TPSA) is 38.8 Å². The number of ether oxygens (including phenoxy) is 2. The van der Waals surface area contributed by atoms with Crippen molar-refractivity contribution in [2.24, 2.45) is 0 Å². The molecule has 1 fully saturated rings. The first-order valence-electron chi connectivity index (χ1n) is 8.42. The molecule has 1 aliphatic rings. The van der Waals surface area contributed by atoms with Crippen LogP contribution in [0.15, 0.2) is 53.4 Å². The Morgan fingerprint density at radius 3 is 2.68 bits per heavy atom. The maximum absolute atomic E-state index is 12.8. The molecule has 5 heteroatoms. The fourth-order valence-electron chi connectivity index (χ4n) is 3.23. The smallest absolute Gasteiger partial charge is 0.233 e. The number of carbonyl (C=O) groups is 1. The van der Waals surface area contributed by atoms with Crippen molar-refractivity contribution in [2.75, 3.05) is 26.5 Å². The van der Waals surface area contributed by atoms with Gasteiger partial charge >= 0.3 is 0 Å². The monoisotopic (exact) mass is 357 g/mol. The Bertz CT molecular complexity index is 720. The van der Waals surface area contributed by atoms with E-state index in [0.29, 0.717) is 5.75 Å². The maximum Gasteiger partial charge on any atom is 0.233 e. The van der Waals surface area contributed by atoms with Gasteiger partial charge in [-0.25, -0.2) is 0 Å². The summed E-state index contributed by atoms with van der Waals surface area (Å²) in [6.45, 7) is 0.791. The van der Waals surface area contributed by atoms with Gasteiger partial charge in [-0.1, -0.05) is 18.2 Å². The van der Waals surface area contributed by atoms with E-state index in [2.05, 4.69) is 0 Å². The summed E-state index contributed by atoms with van der Waals surface area (Å²) in [4.78, 5) is 15.9. The van der Waals surface area contributed by atoms with Crippen LogP contribution >= 0.6 is 11.8 Å². The summed E-state index contributed by atoms with van der Waals surface area (Å²) in [6, 6.07) is 15.9. The van der Waals surface area contributed by atoms with Crippen molar-refractivity contribution in [3.8, 4) is 11.5 Å². The molecule has 4 nitrogen and oxygen atoms in total. The summed E-state index contributed by atoms with van der Waals surface area (Å²) in [5.41, 5.74) is 1.03. The minimum Gasteiger partial charge on any atom is -0.497 e. The molecular formula is C20H23NO3S. The third kappa shape index (κ3) is 4.10. The van der Waals surface area contributed by atoms with Crippen LogP contribution in [0.5, 0.6) is 11.5 Å². The van der Waals surface area contributed by atoms with Crippen molar-refractivity contribution in [1.82, 2.24) is 4.90 Å². The van der Waals surface area contributed by atoms with Crippen molar-refractivity contribution < 1.29 is 14.3 Å². The summed E-state index contributed by atoms with van der Waals surface area (Å²) >= 11 is 1.58. The zero-order valence-electron chi connectivity index (χ0n) is 14.6. The van der Waals surface area contributed by atoms with Crippen LogP contribution in [0, 0.1) is 0 Å². The second-order valence-electron chi connectivity index (χ2n) is 5.95. The van der Waals surface area contributed by atoms with Crippen LogP contribution in [0.25, 0.3) is 0 Å². The number of methoxy groups -OCH3 is 2. The van der Waals surface area contributed by atoms with Crippen molar-refractivity contribution >= 4 is 17.7 Å². The Labute approximate surface area is 153 Å². The van der Waals surface area contributed by atoms with E-state index >= 15 is 0 Å². The highest BCUT2D eigenvalue weighted by molar-refractivity contribution is 8.00. The van der Waals surface area contributed by atoms with E-state index in [4.69, 9.17) is 9.47 Å². The van der Waals surface area contributed by atoms with E-state index < -0.39 is 0 Å².